The molecule has 0 saturated carbocycles. The predicted molar refractivity (Wildman–Crippen MR) is 59.8 cm³/mol. The minimum Gasteiger partial charge on any atom is -0.453 e. The van der Waals surface area contributed by atoms with Gasteiger partial charge in [-0.15, -0.1) is 0 Å². The number of nitrogens with zero attached hydrogens (tertiary/aromatic N) is 1. The molecule has 1 N–H and O–H groups in total. The lowest BCUT2D eigenvalue weighted by Crippen LogP contribution is -2.45. The molecule has 4 nitrogen and oxygen atoms in total. The van der Waals surface area contributed by atoms with Crippen LogP contribution in [0, 0.1) is 5.92 Å². The molecule has 0 radical (unpaired) electrons. The van der Waals surface area contributed by atoms with Gasteiger partial charge in [-0.3, -0.25) is 0 Å². The van der Waals surface area contributed by atoms with Crippen LogP contribution in [-0.2, 0) is 4.74 Å². The second-order valence-electron chi connectivity index (χ2n) is 4.60. The van der Waals surface area contributed by atoms with E-state index in [1.807, 2.05) is 0 Å². The minimum atomic E-state index is -0.308. The molecule has 1 saturated heterocycles. The quantitative estimate of drug-likeness (QED) is 0.773. The van der Waals surface area contributed by atoms with Crippen LogP contribution in [0.15, 0.2) is 0 Å². The topological polar surface area (TPSA) is 41.6 Å². The van der Waals surface area contributed by atoms with Gasteiger partial charge in [-0.1, -0.05) is 13.8 Å². The van der Waals surface area contributed by atoms with Crippen LogP contribution in [0.1, 0.15) is 26.7 Å². The van der Waals surface area contributed by atoms with Crippen LogP contribution in [0.25, 0.3) is 0 Å². The van der Waals surface area contributed by atoms with Crippen LogP contribution in [0.3, 0.4) is 0 Å². The summed E-state index contributed by atoms with van der Waals surface area (Å²) in [5.41, 5.74) is 0. The van der Waals surface area contributed by atoms with E-state index in [-0.39, 0.29) is 6.09 Å². The van der Waals surface area contributed by atoms with Crippen molar-refractivity contribution in [3.8, 4) is 0 Å². The number of nitrogens with one attached hydrogen (secondary N) is 1. The lowest BCUT2D eigenvalue weighted by molar-refractivity contribution is 0.147. The van der Waals surface area contributed by atoms with Gasteiger partial charge >= 0.3 is 6.09 Å². The van der Waals surface area contributed by atoms with Gasteiger partial charge in [0.15, 0.2) is 0 Å². The molecule has 0 aliphatic carbocycles. The highest BCUT2D eigenvalue weighted by Gasteiger charge is 2.20. The van der Waals surface area contributed by atoms with Gasteiger partial charge in [0, 0.05) is 25.7 Å². The zero-order valence-electron chi connectivity index (χ0n) is 9.95. The number of alkyl carbamates (subject to hydrolysis) is 1. The fraction of sp³-hybridized carbons (Fsp3) is 0.909. The average Bonchev–Trinajstić information content (AvgIpc) is 2.20. The molecule has 0 unspecified atom stereocenters. The Bertz CT molecular complexity index is 199. The number of amides is 1. The second-order valence-corrected chi connectivity index (χ2v) is 4.60. The maximum Gasteiger partial charge on any atom is 0.407 e. The summed E-state index contributed by atoms with van der Waals surface area (Å²) in [5, 5.41) is 2.85. The predicted octanol–water partition coefficient (Wildman–Crippen LogP) is 1.46. The highest BCUT2D eigenvalue weighted by Crippen LogP contribution is 2.11. The van der Waals surface area contributed by atoms with Crippen molar-refractivity contribution in [2.75, 3.05) is 26.7 Å². The smallest absolute Gasteiger partial charge is 0.407 e. The molecule has 1 rings (SSSR count). The number of carbonyl (C=O) groups excluding carboxylic acids is 1. The SMILES string of the molecule is COC(=O)NC1CCN(CC(C)C)CC1. The molecule has 0 aromatic heterocycles. The van der Waals surface area contributed by atoms with Crippen LogP contribution < -0.4 is 5.32 Å². The fourth-order valence-electron chi connectivity index (χ4n) is 2.00. The number of piperidine rings is 1. The molecule has 1 aliphatic heterocycles. The zero-order chi connectivity index (χ0) is 11.3. The van der Waals surface area contributed by atoms with Gasteiger partial charge in [0.05, 0.1) is 7.11 Å². The van der Waals surface area contributed by atoms with Gasteiger partial charge < -0.3 is 15.0 Å². The van der Waals surface area contributed by atoms with Crippen molar-refractivity contribution in [1.29, 1.82) is 0 Å². The maximum atomic E-state index is 11.0. The van der Waals surface area contributed by atoms with Gasteiger partial charge in [-0.05, 0) is 18.8 Å². The van der Waals surface area contributed by atoms with E-state index in [9.17, 15) is 4.79 Å². The summed E-state index contributed by atoms with van der Waals surface area (Å²) < 4.78 is 4.58. The van der Waals surface area contributed by atoms with Gasteiger partial charge in [-0.2, -0.15) is 0 Å². The summed E-state index contributed by atoms with van der Waals surface area (Å²) in [4.78, 5) is 13.5. The van der Waals surface area contributed by atoms with Crippen LogP contribution in [0.4, 0.5) is 4.79 Å². The molecule has 0 atom stereocenters. The van der Waals surface area contributed by atoms with Crippen molar-refractivity contribution in [2.45, 2.75) is 32.7 Å². The first kappa shape index (κ1) is 12.3. The van der Waals surface area contributed by atoms with E-state index in [1.165, 1.54) is 7.11 Å². The largest absolute Gasteiger partial charge is 0.453 e. The number of hydrogen-bond acceptors (Lipinski definition) is 3. The van der Waals surface area contributed by atoms with E-state index in [4.69, 9.17) is 0 Å². The zero-order valence-corrected chi connectivity index (χ0v) is 9.95. The van der Waals surface area contributed by atoms with E-state index in [2.05, 4.69) is 28.8 Å². The molecule has 4 heteroatoms. The molecule has 0 spiro atoms. The number of likely N-dealkylation sites (tertiary alicyclic amines) is 1. The Hall–Kier alpha value is -0.770. The minimum absolute atomic E-state index is 0.292. The van der Waals surface area contributed by atoms with Crippen LogP contribution in [-0.4, -0.2) is 43.8 Å². The number of methoxy groups -OCH3 is 1. The molecule has 0 aromatic carbocycles. The van der Waals surface area contributed by atoms with Crippen molar-refractivity contribution in [2.24, 2.45) is 5.92 Å². The van der Waals surface area contributed by atoms with Crippen molar-refractivity contribution in [3.05, 3.63) is 0 Å². The number of hydrogen-bond donors (Lipinski definition) is 1. The Morgan fingerprint density at radius 2 is 2.07 bits per heavy atom. The average molecular weight is 214 g/mol. The first-order valence-electron chi connectivity index (χ1n) is 5.68. The summed E-state index contributed by atoms with van der Waals surface area (Å²) in [6, 6.07) is 0.292. The van der Waals surface area contributed by atoms with Crippen LogP contribution in [0.5, 0.6) is 0 Å². The Morgan fingerprint density at radius 3 is 2.53 bits per heavy atom. The highest BCUT2D eigenvalue weighted by atomic mass is 16.5. The maximum absolute atomic E-state index is 11.0. The molecule has 1 aliphatic rings. The van der Waals surface area contributed by atoms with Crippen LogP contribution >= 0.6 is 0 Å². The summed E-state index contributed by atoms with van der Waals surface area (Å²) in [7, 11) is 1.41. The van der Waals surface area contributed by atoms with Crippen molar-refractivity contribution < 1.29 is 9.53 Å². The monoisotopic (exact) mass is 214 g/mol. The third-order valence-corrected chi connectivity index (χ3v) is 2.72. The molecule has 1 amide bonds. The van der Waals surface area contributed by atoms with E-state index in [1.54, 1.807) is 0 Å². The molecular formula is C11H22N2O2. The van der Waals surface area contributed by atoms with Crippen molar-refractivity contribution in [3.63, 3.8) is 0 Å². The molecule has 0 aromatic rings. The Kier molecular flexibility index (Phi) is 4.88. The first-order chi connectivity index (χ1) is 7.11. The highest BCUT2D eigenvalue weighted by molar-refractivity contribution is 5.67. The van der Waals surface area contributed by atoms with Gasteiger partial charge in [0.1, 0.15) is 0 Å². The molecule has 0 bridgehead atoms. The molecule has 15 heavy (non-hydrogen) atoms. The van der Waals surface area contributed by atoms with Gasteiger partial charge in [0.25, 0.3) is 0 Å². The third-order valence-electron chi connectivity index (χ3n) is 2.72. The summed E-state index contributed by atoms with van der Waals surface area (Å²) >= 11 is 0. The van der Waals surface area contributed by atoms with E-state index < -0.39 is 0 Å². The number of ether oxygens (including phenoxy) is 1. The summed E-state index contributed by atoms with van der Waals surface area (Å²) in [6.45, 7) is 7.78. The van der Waals surface area contributed by atoms with E-state index in [0.717, 1.165) is 38.4 Å². The summed E-state index contributed by atoms with van der Waals surface area (Å²) in [6.07, 6.45) is 1.75. The van der Waals surface area contributed by atoms with Crippen molar-refractivity contribution in [1.82, 2.24) is 10.2 Å². The van der Waals surface area contributed by atoms with Crippen LogP contribution in [0.2, 0.25) is 0 Å². The Morgan fingerprint density at radius 1 is 1.47 bits per heavy atom. The third kappa shape index (κ3) is 4.51. The molecule has 1 fully saturated rings. The first-order valence-corrected chi connectivity index (χ1v) is 5.68. The normalized spacial score (nSPS) is 19.2. The molecule has 88 valence electrons. The van der Waals surface area contributed by atoms with Gasteiger partial charge in [0.2, 0.25) is 0 Å². The number of carbonyl (C=O) groups is 1. The molecular weight excluding hydrogens is 192 g/mol. The van der Waals surface area contributed by atoms with E-state index in [0.29, 0.717) is 6.04 Å². The second kappa shape index (κ2) is 5.95. The lowest BCUT2D eigenvalue weighted by atomic mass is 10.0. The summed E-state index contributed by atoms with van der Waals surface area (Å²) in [5.74, 6) is 0.718. The van der Waals surface area contributed by atoms with Crippen molar-refractivity contribution >= 4 is 6.09 Å². The van der Waals surface area contributed by atoms with Gasteiger partial charge in [-0.25, -0.2) is 4.79 Å². The fourth-order valence-corrected chi connectivity index (χ4v) is 2.00. The lowest BCUT2D eigenvalue weighted by Gasteiger charge is -2.32. The Balaban J connectivity index is 2.20. The Labute approximate surface area is 92.0 Å². The standard InChI is InChI=1S/C11H22N2O2/c1-9(2)8-13-6-4-10(5-7-13)12-11(14)15-3/h9-10H,4-8H2,1-3H3,(H,12,14). The molecule has 1 heterocycles. The number of rotatable bonds is 3. The van der Waals surface area contributed by atoms with E-state index >= 15 is 0 Å².